The first-order chi connectivity index (χ1) is 12.7. The van der Waals surface area contributed by atoms with Crippen LogP contribution in [0.5, 0.6) is 5.75 Å². The van der Waals surface area contributed by atoms with Gasteiger partial charge in [-0.1, -0.05) is 60.7 Å². The fraction of sp³-hybridized carbons (Fsp3) is 0.0455. The number of hydrogen-bond acceptors (Lipinski definition) is 4. The fourth-order valence-electron chi connectivity index (χ4n) is 3.02. The Bertz CT molecular complexity index is 1080. The molecule has 0 saturated heterocycles. The number of carbonyl (C=O) groups excluding carboxylic acids is 1. The summed E-state index contributed by atoms with van der Waals surface area (Å²) in [5.74, 6) is 0.435. The van der Waals surface area contributed by atoms with Gasteiger partial charge in [-0.3, -0.25) is 4.79 Å². The Labute approximate surface area is 150 Å². The molecule has 2 N–H and O–H groups in total. The molecule has 4 rings (SSSR count). The van der Waals surface area contributed by atoms with Crippen molar-refractivity contribution in [1.29, 1.82) is 0 Å². The molecule has 0 spiro atoms. The molecule has 1 aromatic heterocycles. The van der Waals surface area contributed by atoms with E-state index in [0.29, 0.717) is 28.0 Å². The smallest absolute Gasteiger partial charge is 0.230 e. The normalized spacial score (nSPS) is 10.8. The van der Waals surface area contributed by atoms with Crippen LogP contribution in [0.2, 0.25) is 0 Å². The number of hydrogen-bond donors (Lipinski definition) is 1. The van der Waals surface area contributed by atoms with E-state index < -0.39 is 0 Å². The highest BCUT2D eigenvalue weighted by molar-refractivity contribution is 6.15. The molecule has 3 aromatic carbocycles. The summed E-state index contributed by atoms with van der Waals surface area (Å²) in [5, 5.41) is 0.675. The van der Waals surface area contributed by atoms with E-state index in [1.807, 2.05) is 54.6 Å². The first-order valence-corrected chi connectivity index (χ1v) is 8.24. The van der Waals surface area contributed by atoms with Crippen LogP contribution in [0.3, 0.4) is 0 Å². The summed E-state index contributed by atoms with van der Waals surface area (Å²) >= 11 is 0. The minimum atomic E-state index is -0.250. The van der Waals surface area contributed by atoms with Crippen LogP contribution in [0.15, 0.2) is 77.2 Å². The SMILES string of the molecule is COc1cccc2c(N)c(C(=O)c3ccc(-c4ccccc4)cc3)oc12. The number of methoxy groups -OCH3 is 1. The minimum Gasteiger partial charge on any atom is -0.493 e. The molecule has 0 amide bonds. The molecule has 0 atom stereocenters. The van der Waals surface area contributed by atoms with Crippen LogP contribution in [-0.4, -0.2) is 12.9 Å². The third-order valence-corrected chi connectivity index (χ3v) is 4.40. The summed E-state index contributed by atoms with van der Waals surface area (Å²) < 4.78 is 11.0. The molecule has 26 heavy (non-hydrogen) atoms. The zero-order chi connectivity index (χ0) is 18.1. The standard InChI is InChI=1S/C22H17NO3/c1-25-18-9-5-8-17-19(23)22(26-21(17)18)20(24)16-12-10-15(11-13-16)14-6-3-2-4-7-14/h2-13H,23H2,1H3. The molecule has 0 fully saturated rings. The quantitative estimate of drug-likeness (QED) is 0.534. The van der Waals surface area contributed by atoms with Crippen molar-refractivity contribution in [2.75, 3.05) is 12.8 Å². The molecule has 0 aliphatic heterocycles. The number of para-hydroxylation sites is 1. The first-order valence-electron chi connectivity index (χ1n) is 8.24. The maximum Gasteiger partial charge on any atom is 0.230 e. The number of nitrogen functional groups attached to an aromatic ring is 1. The van der Waals surface area contributed by atoms with Gasteiger partial charge < -0.3 is 14.9 Å². The Morgan fingerprint density at radius 2 is 1.58 bits per heavy atom. The molecule has 0 radical (unpaired) electrons. The highest BCUT2D eigenvalue weighted by atomic mass is 16.5. The molecular formula is C22H17NO3. The van der Waals surface area contributed by atoms with Crippen molar-refractivity contribution in [3.8, 4) is 16.9 Å². The van der Waals surface area contributed by atoms with E-state index in [0.717, 1.165) is 11.1 Å². The summed E-state index contributed by atoms with van der Waals surface area (Å²) in [6, 6.07) is 22.8. The number of benzene rings is 3. The van der Waals surface area contributed by atoms with E-state index in [4.69, 9.17) is 14.9 Å². The maximum absolute atomic E-state index is 12.9. The van der Waals surface area contributed by atoms with Gasteiger partial charge >= 0.3 is 0 Å². The number of anilines is 1. The van der Waals surface area contributed by atoms with E-state index in [2.05, 4.69) is 0 Å². The van der Waals surface area contributed by atoms with Crippen molar-refractivity contribution in [3.05, 3.63) is 84.1 Å². The van der Waals surface area contributed by atoms with Crippen molar-refractivity contribution >= 4 is 22.4 Å². The summed E-state index contributed by atoms with van der Waals surface area (Å²) in [5.41, 5.74) is 9.63. The predicted molar refractivity (Wildman–Crippen MR) is 102 cm³/mol. The van der Waals surface area contributed by atoms with Gasteiger partial charge in [-0.25, -0.2) is 0 Å². The van der Waals surface area contributed by atoms with Crippen LogP contribution >= 0.6 is 0 Å². The van der Waals surface area contributed by atoms with E-state index >= 15 is 0 Å². The average molecular weight is 343 g/mol. The van der Waals surface area contributed by atoms with E-state index in [1.165, 1.54) is 0 Å². The van der Waals surface area contributed by atoms with Crippen LogP contribution in [0, 0.1) is 0 Å². The second-order valence-corrected chi connectivity index (χ2v) is 5.95. The van der Waals surface area contributed by atoms with Crippen molar-refractivity contribution in [3.63, 3.8) is 0 Å². The average Bonchev–Trinajstić information content (AvgIpc) is 3.05. The van der Waals surface area contributed by atoms with Crippen molar-refractivity contribution in [2.24, 2.45) is 0 Å². The van der Waals surface area contributed by atoms with Crippen LogP contribution in [-0.2, 0) is 0 Å². The van der Waals surface area contributed by atoms with E-state index in [-0.39, 0.29) is 11.5 Å². The summed E-state index contributed by atoms with van der Waals surface area (Å²) in [4.78, 5) is 12.9. The number of ketones is 1. The number of fused-ring (bicyclic) bond motifs is 1. The monoisotopic (exact) mass is 343 g/mol. The van der Waals surface area contributed by atoms with Crippen LogP contribution in [0.1, 0.15) is 16.1 Å². The fourth-order valence-corrected chi connectivity index (χ4v) is 3.02. The van der Waals surface area contributed by atoms with Crippen LogP contribution in [0.4, 0.5) is 5.69 Å². The van der Waals surface area contributed by atoms with Gasteiger partial charge in [-0.05, 0) is 23.3 Å². The van der Waals surface area contributed by atoms with Gasteiger partial charge in [0, 0.05) is 10.9 Å². The number of nitrogens with two attached hydrogens (primary N) is 1. The van der Waals surface area contributed by atoms with E-state index in [1.54, 1.807) is 25.3 Å². The predicted octanol–water partition coefficient (Wildman–Crippen LogP) is 4.92. The molecule has 128 valence electrons. The lowest BCUT2D eigenvalue weighted by Crippen LogP contribution is -2.02. The third-order valence-electron chi connectivity index (χ3n) is 4.40. The van der Waals surface area contributed by atoms with Gasteiger partial charge in [-0.2, -0.15) is 0 Å². The highest BCUT2D eigenvalue weighted by Crippen LogP contribution is 2.35. The molecule has 4 heteroatoms. The van der Waals surface area contributed by atoms with Crippen molar-refractivity contribution in [1.82, 2.24) is 0 Å². The van der Waals surface area contributed by atoms with Gasteiger partial charge in [0.25, 0.3) is 0 Å². The Kier molecular flexibility index (Phi) is 3.93. The molecular weight excluding hydrogens is 326 g/mol. The number of carbonyl (C=O) groups is 1. The zero-order valence-corrected chi connectivity index (χ0v) is 14.2. The topological polar surface area (TPSA) is 65.5 Å². The third kappa shape index (κ3) is 2.62. The van der Waals surface area contributed by atoms with Crippen molar-refractivity contribution < 1.29 is 13.9 Å². The molecule has 0 aliphatic rings. The Morgan fingerprint density at radius 3 is 2.27 bits per heavy atom. The Morgan fingerprint density at radius 1 is 0.885 bits per heavy atom. The van der Waals surface area contributed by atoms with Crippen LogP contribution in [0.25, 0.3) is 22.1 Å². The van der Waals surface area contributed by atoms with Gasteiger partial charge in [0.05, 0.1) is 12.8 Å². The van der Waals surface area contributed by atoms with Gasteiger partial charge in [-0.15, -0.1) is 0 Å². The van der Waals surface area contributed by atoms with Gasteiger partial charge in [0.15, 0.2) is 17.1 Å². The lowest BCUT2D eigenvalue weighted by molar-refractivity contribution is 0.101. The first kappa shape index (κ1) is 16.0. The maximum atomic E-state index is 12.9. The summed E-state index contributed by atoms with van der Waals surface area (Å²) in [6.45, 7) is 0. The molecule has 0 unspecified atom stereocenters. The molecule has 0 aliphatic carbocycles. The highest BCUT2D eigenvalue weighted by Gasteiger charge is 2.21. The molecule has 4 aromatic rings. The van der Waals surface area contributed by atoms with Gasteiger partial charge in [0.1, 0.15) is 0 Å². The molecule has 0 saturated carbocycles. The summed E-state index contributed by atoms with van der Waals surface area (Å²) in [6.07, 6.45) is 0. The van der Waals surface area contributed by atoms with Crippen LogP contribution < -0.4 is 10.5 Å². The Hall–Kier alpha value is -3.53. The zero-order valence-electron chi connectivity index (χ0n) is 14.2. The lowest BCUT2D eigenvalue weighted by Gasteiger charge is -2.03. The van der Waals surface area contributed by atoms with E-state index in [9.17, 15) is 4.79 Å². The molecule has 1 heterocycles. The number of rotatable bonds is 4. The number of ether oxygens (including phenoxy) is 1. The largest absolute Gasteiger partial charge is 0.493 e. The number of furan rings is 1. The molecule has 4 nitrogen and oxygen atoms in total. The minimum absolute atomic E-state index is 0.136. The second kappa shape index (κ2) is 6.41. The molecule has 0 bridgehead atoms. The second-order valence-electron chi connectivity index (χ2n) is 5.95. The lowest BCUT2D eigenvalue weighted by atomic mass is 10.0. The van der Waals surface area contributed by atoms with Crippen molar-refractivity contribution in [2.45, 2.75) is 0 Å². The van der Waals surface area contributed by atoms with Gasteiger partial charge in [0.2, 0.25) is 5.78 Å². The summed E-state index contributed by atoms with van der Waals surface area (Å²) in [7, 11) is 1.55. The Balaban J connectivity index is 1.72.